The van der Waals surface area contributed by atoms with Gasteiger partial charge in [-0.05, 0) is 35.0 Å². The Hall–Kier alpha value is -0.550. The van der Waals surface area contributed by atoms with Gasteiger partial charge < -0.3 is 10.1 Å². The van der Waals surface area contributed by atoms with E-state index in [1.165, 1.54) is 0 Å². The molecule has 0 aliphatic carbocycles. The number of ether oxygens (including phenoxy) is 1. The SMILES string of the molecule is COc1ccc(Br)c(NC(=O)C(C)Br)c1. The summed E-state index contributed by atoms with van der Waals surface area (Å²) in [6, 6.07) is 5.40. The van der Waals surface area contributed by atoms with Gasteiger partial charge in [-0.1, -0.05) is 15.9 Å². The van der Waals surface area contributed by atoms with Crippen molar-refractivity contribution in [2.75, 3.05) is 12.4 Å². The molecule has 1 N–H and O–H groups in total. The van der Waals surface area contributed by atoms with Crippen molar-refractivity contribution in [3.8, 4) is 5.75 Å². The van der Waals surface area contributed by atoms with Crippen LogP contribution in [-0.4, -0.2) is 17.8 Å². The molecule has 0 bridgehead atoms. The minimum Gasteiger partial charge on any atom is -0.497 e. The van der Waals surface area contributed by atoms with Crippen molar-refractivity contribution in [2.45, 2.75) is 11.8 Å². The van der Waals surface area contributed by atoms with Gasteiger partial charge in [0.15, 0.2) is 0 Å². The molecule has 15 heavy (non-hydrogen) atoms. The molecule has 1 atom stereocenters. The van der Waals surface area contributed by atoms with Crippen molar-refractivity contribution in [1.82, 2.24) is 0 Å². The fourth-order valence-electron chi connectivity index (χ4n) is 0.959. The highest BCUT2D eigenvalue weighted by Crippen LogP contribution is 2.27. The Morgan fingerprint density at radius 1 is 1.53 bits per heavy atom. The van der Waals surface area contributed by atoms with Gasteiger partial charge in [-0.2, -0.15) is 0 Å². The summed E-state index contributed by atoms with van der Waals surface area (Å²) in [7, 11) is 1.59. The van der Waals surface area contributed by atoms with Crippen LogP contribution in [0.15, 0.2) is 22.7 Å². The van der Waals surface area contributed by atoms with Gasteiger partial charge in [-0.15, -0.1) is 0 Å². The van der Waals surface area contributed by atoms with E-state index in [0.29, 0.717) is 11.4 Å². The zero-order chi connectivity index (χ0) is 11.4. The van der Waals surface area contributed by atoms with Gasteiger partial charge in [0.05, 0.1) is 17.6 Å². The second kappa shape index (κ2) is 5.51. The number of carbonyl (C=O) groups is 1. The number of rotatable bonds is 3. The zero-order valence-corrected chi connectivity index (χ0v) is 11.6. The van der Waals surface area contributed by atoms with E-state index in [1.807, 2.05) is 12.1 Å². The molecule has 0 saturated heterocycles. The van der Waals surface area contributed by atoms with Gasteiger partial charge in [-0.3, -0.25) is 4.79 Å². The molecule has 1 unspecified atom stereocenters. The van der Waals surface area contributed by atoms with E-state index in [4.69, 9.17) is 4.74 Å². The molecule has 0 spiro atoms. The predicted octanol–water partition coefficient (Wildman–Crippen LogP) is 3.18. The summed E-state index contributed by atoms with van der Waals surface area (Å²) in [6.45, 7) is 1.77. The number of halogens is 2. The molecule has 1 amide bonds. The Morgan fingerprint density at radius 2 is 2.20 bits per heavy atom. The maximum absolute atomic E-state index is 11.4. The summed E-state index contributed by atoms with van der Waals surface area (Å²) >= 11 is 6.55. The molecule has 0 fully saturated rings. The summed E-state index contributed by atoms with van der Waals surface area (Å²) < 4.78 is 5.89. The minimum absolute atomic E-state index is 0.0936. The van der Waals surface area contributed by atoms with Crippen molar-refractivity contribution in [3.63, 3.8) is 0 Å². The first-order chi connectivity index (χ1) is 7.04. The lowest BCUT2D eigenvalue weighted by molar-refractivity contribution is -0.115. The summed E-state index contributed by atoms with van der Waals surface area (Å²) in [5.74, 6) is 0.611. The first-order valence-corrected chi connectivity index (χ1v) is 6.04. The fourth-order valence-corrected chi connectivity index (χ4v) is 1.42. The molecule has 1 aromatic carbocycles. The lowest BCUT2D eigenvalue weighted by Gasteiger charge is -2.10. The minimum atomic E-state index is -0.226. The average molecular weight is 337 g/mol. The third-order valence-corrected chi connectivity index (χ3v) is 2.90. The van der Waals surface area contributed by atoms with Crippen LogP contribution >= 0.6 is 31.9 Å². The highest BCUT2D eigenvalue weighted by atomic mass is 79.9. The van der Waals surface area contributed by atoms with E-state index in [2.05, 4.69) is 37.2 Å². The van der Waals surface area contributed by atoms with Crippen LogP contribution in [0.3, 0.4) is 0 Å². The number of nitrogens with one attached hydrogen (secondary N) is 1. The van der Waals surface area contributed by atoms with Crippen LogP contribution in [-0.2, 0) is 4.79 Å². The van der Waals surface area contributed by atoms with Crippen LogP contribution < -0.4 is 10.1 Å². The van der Waals surface area contributed by atoms with Gasteiger partial charge in [-0.25, -0.2) is 0 Å². The fraction of sp³-hybridized carbons (Fsp3) is 0.300. The van der Waals surface area contributed by atoms with Gasteiger partial charge >= 0.3 is 0 Å². The number of benzene rings is 1. The summed E-state index contributed by atoms with van der Waals surface area (Å²) in [4.78, 5) is 11.2. The van der Waals surface area contributed by atoms with Gasteiger partial charge in [0.2, 0.25) is 5.91 Å². The number of amides is 1. The van der Waals surface area contributed by atoms with E-state index in [-0.39, 0.29) is 10.7 Å². The number of carbonyl (C=O) groups excluding carboxylic acids is 1. The molecular formula is C10H11Br2NO2. The Balaban J connectivity index is 2.88. The third kappa shape index (κ3) is 3.50. The molecule has 3 nitrogen and oxygen atoms in total. The summed E-state index contributed by atoms with van der Waals surface area (Å²) in [6.07, 6.45) is 0. The number of anilines is 1. The predicted molar refractivity (Wildman–Crippen MR) is 67.7 cm³/mol. The van der Waals surface area contributed by atoms with Crippen molar-refractivity contribution in [1.29, 1.82) is 0 Å². The Kier molecular flexibility index (Phi) is 4.60. The maximum atomic E-state index is 11.4. The molecule has 0 aliphatic rings. The van der Waals surface area contributed by atoms with Crippen LogP contribution in [0, 0.1) is 0 Å². The molecule has 1 rings (SSSR count). The second-order valence-electron chi connectivity index (χ2n) is 2.95. The first kappa shape index (κ1) is 12.5. The van der Waals surface area contributed by atoms with E-state index >= 15 is 0 Å². The lowest BCUT2D eigenvalue weighted by atomic mass is 10.3. The molecule has 82 valence electrons. The number of methoxy groups -OCH3 is 1. The van der Waals surface area contributed by atoms with E-state index in [0.717, 1.165) is 4.47 Å². The molecule has 1 aromatic rings. The standard InChI is InChI=1S/C10H11Br2NO2/c1-6(11)10(14)13-9-5-7(15-2)3-4-8(9)12/h3-6H,1-2H3,(H,13,14). The van der Waals surface area contributed by atoms with Gasteiger partial charge in [0.25, 0.3) is 0 Å². The van der Waals surface area contributed by atoms with Crippen LogP contribution in [0.2, 0.25) is 0 Å². The number of hydrogen-bond donors (Lipinski definition) is 1. The summed E-state index contributed by atoms with van der Waals surface area (Å²) in [5, 5.41) is 2.77. The highest BCUT2D eigenvalue weighted by molar-refractivity contribution is 9.10. The normalized spacial score (nSPS) is 12.0. The zero-order valence-electron chi connectivity index (χ0n) is 8.38. The molecule has 0 aliphatic heterocycles. The van der Waals surface area contributed by atoms with Crippen molar-refractivity contribution in [2.24, 2.45) is 0 Å². The lowest BCUT2D eigenvalue weighted by Crippen LogP contribution is -2.20. The topological polar surface area (TPSA) is 38.3 Å². The van der Waals surface area contributed by atoms with Crippen molar-refractivity contribution < 1.29 is 9.53 Å². The second-order valence-corrected chi connectivity index (χ2v) is 5.18. The van der Waals surface area contributed by atoms with Gasteiger partial charge in [0.1, 0.15) is 5.75 Å². The van der Waals surface area contributed by atoms with Crippen molar-refractivity contribution >= 4 is 43.5 Å². The maximum Gasteiger partial charge on any atom is 0.237 e. The number of alkyl halides is 1. The molecule has 0 saturated carbocycles. The smallest absolute Gasteiger partial charge is 0.237 e. The van der Waals surface area contributed by atoms with E-state index < -0.39 is 0 Å². The third-order valence-electron chi connectivity index (χ3n) is 1.79. The van der Waals surface area contributed by atoms with E-state index in [9.17, 15) is 4.79 Å². The molecule has 0 heterocycles. The Morgan fingerprint density at radius 3 is 2.73 bits per heavy atom. The van der Waals surface area contributed by atoms with Crippen LogP contribution in [0.5, 0.6) is 5.75 Å². The molecular weight excluding hydrogens is 326 g/mol. The molecule has 0 radical (unpaired) electrons. The Bertz CT molecular complexity index is 366. The van der Waals surface area contributed by atoms with Crippen LogP contribution in [0.1, 0.15) is 6.92 Å². The van der Waals surface area contributed by atoms with Gasteiger partial charge in [0, 0.05) is 10.5 Å². The summed E-state index contributed by atoms with van der Waals surface area (Å²) in [5.41, 5.74) is 0.700. The molecule has 5 heteroatoms. The number of hydrogen-bond acceptors (Lipinski definition) is 2. The largest absolute Gasteiger partial charge is 0.497 e. The highest BCUT2D eigenvalue weighted by Gasteiger charge is 2.11. The Labute approximate surface area is 105 Å². The van der Waals surface area contributed by atoms with E-state index in [1.54, 1.807) is 20.1 Å². The quantitative estimate of drug-likeness (QED) is 0.861. The molecule has 0 aromatic heterocycles. The monoisotopic (exact) mass is 335 g/mol. The van der Waals surface area contributed by atoms with Crippen molar-refractivity contribution in [3.05, 3.63) is 22.7 Å². The van der Waals surface area contributed by atoms with Crippen LogP contribution in [0.25, 0.3) is 0 Å². The van der Waals surface area contributed by atoms with Crippen LogP contribution in [0.4, 0.5) is 5.69 Å². The first-order valence-electron chi connectivity index (χ1n) is 4.33. The average Bonchev–Trinajstić information content (AvgIpc) is 2.21.